The minimum absolute atomic E-state index is 0.263. The molecule has 0 spiro atoms. The second kappa shape index (κ2) is 12.2. The Hall–Kier alpha value is -0.300. The van der Waals surface area contributed by atoms with Crippen LogP contribution < -0.4 is 5.73 Å². The molecule has 0 unspecified atom stereocenters. The molecule has 0 aromatic rings. The lowest BCUT2D eigenvalue weighted by atomic mass is 10.2. The van der Waals surface area contributed by atoms with Crippen LogP contribution in [0.1, 0.15) is 12.8 Å². The molecule has 0 radical (unpaired) electrons. The number of carbonyl (C=O) groups is 1. The normalized spacial score (nSPS) is 12.4. The van der Waals surface area contributed by atoms with Gasteiger partial charge in [0.1, 0.15) is 12.6 Å². The van der Waals surface area contributed by atoms with Gasteiger partial charge in [-0.3, -0.25) is 4.79 Å². The van der Waals surface area contributed by atoms with Crippen molar-refractivity contribution in [3.63, 3.8) is 0 Å². The predicted octanol–water partition coefficient (Wildman–Crippen LogP) is 0.663. The third-order valence-electron chi connectivity index (χ3n) is 2.04. The Morgan fingerprint density at radius 2 is 2.06 bits per heavy atom. The number of methoxy groups -OCH3 is 1. The van der Waals surface area contributed by atoms with E-state index in [1.54, 1.807) is 18.9 Å². The zero-order valence-corrected chi connectivity index (χ0v) is 11.5. The van der Waals surface area contributed by atoms with Gasteiger partial charge in [0.05, 0.1) is 6.61 Å². The van der Waals surface area contributed by atoms with Crippen LogP contribution in [0.2, 0.25) is 0 Å². The fraction of sp³-hybridized carbons (Fsp3) is 0.909. The highest BCUT2D eigenvalue weighted by Gasteiger charge is 2.13. The van der Waals surface area contributed by atoms with Crippen LogP contribution in [0, 0.1) is 0 Å². The third-order valence-corrected chi connectivity index (χ3v) is 2.69. The summed E-state index contributed by atoms with van der Waals surface area (Å²) in [4.78, 5) is 11.4. The molecule has 102 valence electrons. The number of hydrogen-bond donors (Lipinski definition) is 1. The SMILES string of the molecule is COCCCOCCOC(=O)[C@@H](N)CCSC. The smallest absolute Gasteiger partial charge is 0.323 e. The fourth-order valence-corrected chi connectivity index (χ4v) is 1.57. The van der Waals surface area contributed by atoms with Gasteiger partial charge in [0.25, 0.3) is 0 Å². The molecule has 1 atom stereocenters. The van der Waals surface area contributed by atoms with Gasteiger partial charge >= 0.3 is 5.97 Å². The molecule has 0 heterocycles. The van der Waals surface area contributed by atoms with Crippen LogP contribution in [-0.4, -0.2) is 57.6 Å². The standard InChI is InChI=1S/C11H23NO4S/c1-14-5-3-6-15-7-8-16-11(13)10(12)4-9-17-2/h10H,3-9,12H2,1-2H3/t10-/m0/s1. The Morgan fingerprint density at radius 3 is 2.71 bits per heavy atom. The first kappa shape index (κ1) is 16.7. The van der Waals surface area contributed by atoms with E-state index >= 15 is 0 Å². The van der Waals surface area contributed by atoms with Crippen molar-refractivity contribution in [2.75, 3.05) is 45.5 Å². The molecular formula is C11H23NO4S. The summed E-state index contributed by atoms with van der Waals surface area (Å²) in [5.41, 5.74) is 5.64. The van der Waals surface area contributed by atoms with Crippen molar-refractivity contribution < 1.29 is 19.0 Å². The van der Waals surface area contributed by atoms with Crippen molar-refractivity contribution >= 4 is 17.7 Å². The van der Waals surface area contributed by atoms with Crippen molar-refractivity contribution in [3.05, 3.63) is 0 Å². The van der Waals surface area contributed by atoms with Crippen molar-refractivity contribution in [3.8, 4) is 0 Å². The van der Waals surface area contributed by atoms with E-state index in [-0.39, 0.29) is 12.6 Å². The van der Waals surface area contributed by atoms with Crippen LogP contribution in [0.3, 0.4) is 0 Å². The summed E-state index contributed by atoms with van der Waals surface area (Å²) >= 11 is 1.66. The zero-order valence-electron chi connectivity index (χ0n) is 10.6. The average molecular weight is 265 g/mol. The van der Waals surface area contributed by atoms with Gasteiger partial charge in [-0.05, 0) is 24.9 Å². The summed E-state index contributed by atoms with van der Waals surface area (Å²) in [5, 5.41) is 0. The summed E-state index contributed by atoms with van der Waals surface area (Å²) in [6, 6.07) is -0.518. The number of carbonyl (C=O) groups excluding carboxylic acids is 1. The van der Waals surface area contributed by atoms with E-state index in [2.05, 4.69) is 0 Å². The Morgan fingerprint density at radius 1 is 1.29 bits per heavy atom. The molecule has 0 aromatic heterocycles. The van der Waals surface area contributed by atoms with E-state index in [1.165, 1.54) is 0 Å². The molecule has 0 aliphatic rings. The summed E-state index contributed by atoms with van der Waals surface area (Å²) in [6.45, 7) is 1.97. The summed E-state index contributed by atoms with van der Waals surface area (Å²) < 4.78 is 15.1. The largest absolute Gasteiger partial charge is 0.462 e. The van der Waals surface area contributed by atoms with E-state index < -0.39 is 6.04 Å². The van der Waals surface area contributed by atoms with Gasteiger partial charge in [0.2, 0.25) is 0 Å². The molecule has 6 heteroatoms. The first-order valence-electron chi connectivity index (χ1n) is 5.70. The number of rotatable bonds is 11. The Labute approximate surface area is 107 Å². The number of ether oxygens (including phenoxy) is 3. The highest BCUT2D eigenvalue weighted by molar-refractivity contribution is 7.98. The second-order valence-corrected chi connectivity index (χ2v) is 4.50. The molecule has 5 nitrogen and oxygen atoms in total. The van der Waals surface area contributed by atoms with E-state index in [4.69, 9.17) is 19.9 Å². The van der Waals surface area contributed by atoms with Gasteiger partial charge in [-0.1, -0.05) is 0 Å². The lowest BCUT2D eigenvalue weighted by Crippen LogP contribution is -2.33. The molecule has 0 bridgehead atoms. The van der Waals surface area contributed by atoms with Crippen LogP contribution in [0.5, 0.6) is 0 Å². The predicted molar refractivity (Wildman–Crippen MR) is 69.2 cm³/mol. The molecule has 17 heavy (non-hydrogen) atoms. The maximum absolute atomic E-state index is 11.4. The lowest BCUT2D eigenvalue weighted by Gasteiger charge is -2.10. The third kappa shape index (κ3) is 10.6. The topological polar surface area (TPSA) is 70.8 Å². The first-order valence-corrected chi connectivity index (χ1v) is 7.09. The van der Waals surface area contributed by atoms with E-state index in [1.807, 2.05) is 6.26 Å². The molecule has 2 N–H and O–H groups in total. The summed E-state index contributed by atoms with van der Waals surface area (Å²) in [5.74, 6) is 0.517. The van der Waals surface area contributed by atoms with Crippen molar-refractivity contribution in [1.82, 2.24) is 0 Å². The van der Waals surface area contributed by atoms with Crippen LogP contribution in [0.25, 0.3) is 0 Å². The van der Waals surface area contributed by atoms with Gasteiger partial charge in [-0.15, -0.1) is 0 Å². The van der Waals surface area contributed by atoms with Crippen LogP contribution in [-0.2, 0) is 19.0 Å². The number of thioether (sulfide) groups is 1. The number of hydrogen-bond acceptors (Lipinski definition) is 6. The Kier molecular flexibility index (Phi) is 12.0. The fourth-order valence-electron chi connectivity index (χ4n) is 1.08. The lowest BCUT2D eigenvalue weighted by molar-refractivity contribution is -0.146. The number of esters is 1. The van der Waals surface area contributed by atoms with E-state index in [0.29, 0.717) is 26.2 Å². The van der Waals surface area contributed by atoms with Gasteiger partial charge in [-0.25, -0.2) is 0 Å². The van der Waals surface area contributed by atoms with E-state index in [9.17, 15) is 4.79 Å². The van der Waals surface area contributed by atoms with Gasteiger partial charge < -0.3 is 19.9 Å². The molecule has 0 amide bonds. The minimum atomic E-state index is -0.518. The number of nitrogens with two attached hydrogens (primary N) is 1. The first-order chi connectivity index (χ1) is 8.22. The van der Waals surface area contributed by atoms with Crippen LogP contribution >= 0.6 is 11.8 Å². The molecule has 0 fully saturated rings. The minimum Gasteiger partial charge on any atom is -0.462 e. The Bertz CT molecular complexity index is 192. The van der Waals surface area contributed by atoms with Crippen molar-refractivity contribution in [2.45, 2.75) is 18.9 Å². The summed E-state index contributed by atoms with van der Waals surface area (Å²) in [6.07, 6.45) is 3.47. The highest BCUT2D eigenvalue weighted by Crippen LogP contribution is 2.00. The monoisotopic (exact) mass is 265 g/mol. The highest BCUT2D eigenvalue weighted by atomic mass is 32.2. The molecule has 0 aliphatic heterocycles. The van der Waals surface area contributed by atoms with Gasteiger partial charge in [0.15, 0.2) is 0 Å². The van der Waals surface area contributed by atoms with Crippen LogP contribution in [0.15, 0.2) is 0 Å². The molecule has 0 rings (SSSR count). The molecule has 0 saturated carbocycles. The van der Waals surface area contributed by atoms with Crippen molar-refractivity contribution in [1.29, 1.82) is 0 Å². The molecule has 0 aromatic carbocycles. The van der Waals surface area contributed by atoms with Crippen molar-refractivity contribution in [2.24, 2.45) is 5.73 Å². The quantitative estimate of drug-likeness (QED) is 0.437. The zero-order chi connectivity index (χ0) is 12.9. The van der Waals surface area contributed by atoms with Gasteiger partial charge in [-0.2, -0.15) is 11.8 Å². The maximum Gasteiger partial charge on any atom is 0.323 e. The molecule has 0 aliphatic carbocycles. The molecular weight excluding hydrogens is 242 g/mol. The second-order valence-electron chi connectivity index (χ2n) is 3.51. The summed E-state index contributed by atoms with van der Waals surface area (Å²) in [7, 11) is 1.65. The molecule has 0 saturated heterocycles. The van der Waals surface area contributed by atoms with E-state index in [0.717, 1.165) is 12.2 Å². The average Bonchev–Trinajstić information content (AvgIpc) is 2.34. The maximum atomic E-state index is 11.4. The van der Waals surface area contributed by atoms with Crippen LogP contribution in [0.4, 0.5) is 0 Å². The Balaban J connectivity index is 3.32. The van der Waals surface area contributed by atoms with Gasteiger partial charge in [0, 0.05) is 20.3 Å².